The highest BCUT2D eigenvalue weighted by molar-refractivity contribution is 5.78. The van der Waals surface area contributed by atoms with E-state index < -0.39 is 0 Å². The highest BCUT2D eigenvalue weighted by Crippen LogP contribution is 2.17. The topological polar surface area (TPSA) is 73.3 Å². The van der Waals surface area contributed by atoms with Crippen LogP contribution >= 0.6 is 0 Å². The summed E-state index contributed by atoms with van der Waals surface area (Å²) in [5.41, 5.74) is 2.72. The Kier molecular flexibility index (Phi) is 6.35. The monoisotopic (exact) mass is 363 g/mol. The number of ether oxygens (including phenoxy) is 2. The average molecular weight is 363 g/mol. The second kappa shape index (κ2) is 9.33. The summed E-state index contributed by atoms with van der Waals surface area (Å²) in [7, 11) is 1.61. The van der Waals surface area contributed by atoms with Gasteiger partial charge in [-0.15, -0.1) is 10.2 Å². The highest BCUT2D eigenvalue weighted by atomic mass is 16.5. The van der Waals surface area contributed by atoms with Gasteiger partial charge in [0, 0.05) is 11.6 Å². The van der Waals surface area contributed by atoms with E-state index in [0.29, 0.717) is 25.5 Å². The number of nitrogens with zero attached hydrogens (tertiary/aromatic N) is 2. The number of hydrogen-bond donors (Lipinski definition) is 1. The first kappa shape index (κ1) is 18.4. The molecule has 0 spiro atoms. The fourth-order valence-corrected chi connectivity index (χ4v) is 2.50. The summed E-state index contributed by atoms with van der Waals surface area (Å²) in [4.78, 5) is 12.0. The van der Waals surface area contributed by atoms with Crippen LogP contribution in [-0.4, -0.2) is 36.4 Å². The minimum atomic E-state index is -0.0609. The van der Waals surface area contributed by atoms with Crippen LogP contribution in [0.25, 0.3) is 11.3 Å². The van der Waals surface area contributed by atoms with Gasteiger partial charge < -0.3 is 14.8 Å². The second-order valence-electron chi connectivity index (χ2n) is 5.85. The molecule has 1 amide bonds. The van der Waals surface area contributed by atoms with Crippen molar-refractivity contribution in [2.24, 2.45) is 0 Å². The van der Waals surface area contributed by atoms with Crippen LogP contribution in [0.3, 0.4) is 0 Å². The fraction of sp³-hybridized carbons (Fsp3) is 0.190. The number of carbonyl (C=O) groups excluding carboxylic acids is 1. The number of nitrogens with one attached hydrogen (secondary N) is 1. The smallest absolute Gasteiger partial charge is 0.233 e. The molecule has 6 nitrogen and oxygen atoms in total. The van der Waals surface area contributed by atoms with Crippen LogP contribution in [-0.2, 0) is 11.2 Å². The van der Waals surface area contributed by atoms with Crippen molar-refractivity contribution in [3.05, 3.63) is 72.3 Å². The van der Waals surface area contributed by atoms with Crippen molar-refractivity contribution in [3.8, 4) is 22.9 Å². The number of amides is 1. The second-order valence-corrected chi connectivity index (χ2v) is 5.85. The molecule has 1 aromatic heterocycles. The molecule has 0 saturated heterocycles. The Labute approximate surface area is 158 Å². The standard InChI is InChI=1S/C21H21N3O3/c1-26-18-9-7-16(8-10-18)15-20(25)22-13-14-27-21-12-11-19(23-24-21)17-5-3-2-4-6-17/h2-12H,13-15H2,1H3,(H,22,25). The lowest BCUT2D eigenvalue weighted by Crippen LogP contribution is -2.29. The molecule has 27 heavy (non-hydrogen) atoms. The zero-order valence-electron chi connectivity index (χ0n) is 15.1. The van der Waals surface area contributed by atoms with Crippen LogP contribution < -0.4 is 14.8 Å². The number of methoxy groups -OCH3 is 1. The molecule has 0 unspecified atom stereocenters. The molecule has 0 fully saturated rings. The number of rotatable bonds is 8. The summed E-state index contributed by atoms with van der Waals surface area (Å²) >= 11 is 0. The zero-order chi connectivity index (χ0) is 18.9. The lowest BCUT2D eigenvalue weighted by atomic mass is 10.1. The van der Waals surface area contributed by atoms with Crippen LogP contribution in [0.1, 0.15) is 5.56 Å². The molecule has 0 atom stereocenters. The molecule has 3 aromatic rings. The van der Waals surface area contributed by atoms with Gasteiger partial charge in [0.15, 0.2) is 0 Å². The van der Waals surface area contributed by atoms with E-state index in [-0.39, 0.29) is 5.91 Å². The van der Waals surface area contributed by atoms with Crippen molar-refractivity contribution in [1.82, 2.24) is 15.5 Å². The molecule has 138 valence electrons. The Morgan fingerprint density at radius 1 is 0.963 bits per heavy atom. The van der Waals surface area contributed by atoms with Gasteiger partial charge in [-0.05, 0) is 23.8 Å². The quantitative estimate of drug-likeness (QED) is 0.623. The van der Waals surface area contributed by atoms with E-state index >= 15 is 0 Å². The normalized spacial score (nSPS) is 10.3. The average Bonchev–Trinajstić information content (AvgIpc) is 2.73. The third kappa shape index (κ3) is 5.54. The third-order valence-corrected chi connectivity index (χ3v) is 3.91. The van der Waals surface area contributed by atoms with E-state index in [4.69, 9.17) is 9.47 Å². The van der Waals surface area contributed by atoms with Gasteiger partial charge in [-0.3, -0.25) is 4.79 Å². The number of hydrogen-bond acceptors (Lipinski definition) is 5. The van der Waals surface area contributed by atoms with E-state index in [9.17, 15) is 4.79 Å². The van der Waals surface area contributed by atoms with Crippen molar-refractivity contribution in [2.75, 3.05) is 20.3 Å². The lowest BCUT2D eigenvalue weighted by molar-refractivity contribution is -0.120. The first-order valence-electron chi connectivity index (χ1n) is 8.66. The van der Waals surface area contributed by atoms with E-state index in [0.717, 1.165) is 22.6 Å². The Bertz CT molecular complexity index is 850. The van der Waals surface area contributed by atoms with Crippen molar-refractivity contribution < 1.29 is 14.3 Å². The maximum Gasteiger partial charge on any atom is 0.233 e. The zero-order valence-corrected chi connectivity index (χ0v) is 15.1. The third-order valence-electron chi connectivity index (χ3n) is 3.91. The number of benzene rings is 2. The number of aromatic nitrogens is 2. The summed E-state index contributed by atoms with van der Waals surface area (Å²) < 4.78 is 10.6. The summed E-state index contributed by atoms with van der Waals surface area (Å²) in [6.07, 6.45) is 0.315. The molecule has 0 aliphatic heterocycles. The molecular formula is C21H21N3O3. The lowest BCUT2D eigenvalue weighted by Gasteiger charge is -2.08. The molecule has 0 saturated carbocycles. The minimum absolute atomic E-state index is 0.0609. The van der Waals surface area contributed by atoms with Crippen molar-refractivity contribution in [2.45, 2.75) is 6.42 Å². The molecule has 6 heteroatoms. The first-order chi connectivity index (χ1) is 13.2. The van der Waals surface area contributed by atoms with Crippen LogP contribution in [0.2, 0.25) is 0 Å². The summed E-state index contributed by atoms with van der Waals surface area (Å²) in [6, 6.07) is 20.9. The molecule has 1 heterocycles. The van der Waals surface area contributed by atoms with E-state index in [1.807, 2.05) is 60.7 Å². The van der Waals surface area contributed by atoms with Crippen molar-refractivity contribution in [1.29, 1.82) is 0 Å². The van der Waals surface area contributed by atoms with Gasteiger partial charge in [-0.25, -0.2) is 0 Å². The Morgan fingerprint density at radius 3 is 2.41 bits per heavy atom. The minimum Gasteiger partial charge on any atom is -0.497 e. The molecule has 0 radical (unpaired) electrons. The molecule has 3 rings (SSSR count). The van der Waals surface area contributed by atoms with Gasteiger partial charge in [0.1, 0.15) is 12.4 Å². The van der Waals surface area contributed by atoms with Gasteiger partial charge in [-0.2, -0.15) is 0 Å². The van der Waals surface area contributed by atoms with E-state index in [2.05, 4.69) is 15.5 Å². The van der Waals surface area contributed by atoms with Crippen molar-refractivity contribution in [3.63, 3.8) is 0 Å². The first-order valence-corrected chi connectivity index (χ1v) is 8.66. The Hall–Kier alpha value is -3.41. The Morgan fingerprint density at radius 2 is 1.74 bits per heavy atom. The van der Waals surface area contributed by atoms with Gasteiger partial charge in [0.2, 0.25) is 11.8 Å². The summed E-state index contributed by atoms with van der Waals surface area (Å²) in [5.74, 6) is 1.14. The maximum absolute atomic E-state index is 12.0. The van der Waals surface area contributed by atoms with E-state index in [1.165, 1.54) is 0 Å². The predicted molar refractivity (Wildman–Crippen MR) is 103 cm³/mol. The SMILES string of the molecule is COc1ccc(CC(=O)NCCOc2ccc(-c3ccccc3)nn2)cc1. The van der Waals surface area contributed by atoms with Gasteiger partial charge in [0.05, 0.1) is 25.8 Å². The van der Waals surface area contributed by atoms with E-state index in [1.54, 1.807) is 13.2 Å². The molecule has 0 aliphatic rings. The molecule has 0 aliphatic carbocycles. The van der Waals surface area contributed by atoms with Gasteiger partial charge in [-0.1, -0.05) is 42.5 Å². The van der Waals surface area contributed by atoms with Gasteiger partial charge in [0.25, 0.3) is 0 Å². The number of carbonyl (C=O) groups is 1. The Balaban J connectivity index is 1.40. The summed E-state index contributed by atoms with van der Waals surface area (Å²) in [6.45, 7) is 0.727. The van der Waals surface area contributed by atoms with Crippen LogP contribution in [0.4, 0.5) is 0 Å². The van der Waals surface area contributed by atoms with Crippen LogP contribution in [0, 0.1) is 0 Å². The summed E-state index contributed by atoms with van der Waals surface area (Å²) in [5, 5.41) is 11.0. The largest absolute Gasteiger partial charge is 0.497 e. The highest BCUT2D eigenvalue weighted by Gasteiger charge is 2.04. The fourth-order valence-electron chi connectivity index (χ4n) is 2.50. The van der Waals surface area contributed by atoms with Gasteiger partial charge >= 0.3 is 0 Å². The van der Waals surface area contributed by atoms with Crippen LogP contribution in [0.15, 0.2) is 66.7 Å². The van der Waals surface area contributed by atoms with Crippen molar-refractivity contribution >= 4 is 5.91 Å². The molecule has 2 aromatic carbocycles. The molecule has 0 bridgehead atoms. The van der Waals surface area contributed by atoms with Crippen LogP contribution in [0.5, 0.6) is 11.6 Å². The molecule has 1 N–H and O–H groups in total. The molecular weight excluding hydrogens is 342 g/mol. The maximum atomic E-state index is 12.0. The predicted octanol–water partition coefficient (Wildman–Crippen LogP) is 2.89.